The summed E-state index contributed by atoms with van der Waals surface area (Å²) in [6.45, 7) is 5.74. The van der Waals surface area contributed by atoms with Crippen LogP contribution in [-0.2, 0) is 0 Å². The molecule has 2 aromatic heterocycles. The highest BCUT2D eigenvalue weighted by Gasteiger charge is 2.15. The third-order valence-electron chi connectivity index (χ3n) is 8.08. The van der Waals surface area contributed by atoms with Gasteiger partial charge in [-0.2, -0.15) is 10.5 Å². The Morgan fingerprint density at radius 3 is 1.11 bits per heavy atom. The SMILES string of the molecule is CCCCCCCCCCCCOc1cc2nc3nc(C#N)c(C#N)nc3nc2cc1OCCCCCCCCCCCC. The fourth-order valence-corrected chi connectivity index (χ4v) is 5.44. The first-order valence-corrected chi connectivity index (χ1v) is 17.3. The fourth-order valence-electron chi connectivity index (χ4n) is 5.44. The summed E-state index contributed by atoms with van der Waals surface area (Å²) in [4.78, 5) is 17.6. The van der Waals surface area contributed by atoms with Gasteiger partial charge in [-0.05, 0) is 12.8 Å². The molecular weight excluding hydrogens is 548 g/mol. The maximum absolute atomic E-state index is 9.35. The van der Waals surface area contributed by atoms with E-state index < -0.39 is 0 Å². The van der Waals surface area contributed by atoms with Crippen LogP contribution in [0.5, 0.6) is 11.5 Å². The molecule has 1 aromatic carbocycles. The molecule has 0 unspecified atom stereocenters. The predicted octanol–water partition coefficient (Wildman–Crippen LogP) is 9.92. The van der Waals surface area contributed by atoms with Crippen molar-refractivity contribution < 1.29 is 9.47 Å². The van der Waals surface area contributed by atoms with E-state index in [1.54, 1.807) is 0 Å². The Morgan fingerprint density at radius 2 is 0.795 bits per heavy atom. The molecule has 8 heteroatoms. The van der Waals surface area contributed by atoms with Crippen LogP contribution < -0.4 is 9.47 Å². The molecule has 0 bridgehead atoms. The largest absolute Gasteiger partial charge is 0.490 e. The summed E-state index contributed by atoms with van der Waals surface area (Å²) in [7, 11) is 0. The number of benzene rings is 1. The molecule has 2 heterocycles. The average Bonchev–Trinajstić information content (AvgIpc) is 3.04. The first-order valence-electron chi connectivity index (χ1n) is 17.3. The third kappa shape index (κ3) is 12.2. The molecular formula is C36H52N6O2. The van der Waals surface area contributed by atoms with Gasteiger partial charge in [0, 0.05) is 12.1 Å². The number of nitriles is 2. The van der Waals surface area contributed by atoms with Gasteiger partial charge in [-0.15, -0.1) is 0 Å². The van der Waals surface area contributed by atoms with Crippen molar-refractivity contribution in [2.45, 2.75) is 142 Å². The second kappa shape index (κ2) is 21.2. The molecule has 0 atom stereocenters. The molecule has 0 spiro atoms. The van der Waals surface area contributed by atoms with Crippen LogP contribution in [0.25, 0.3) is 22.3 Å². The van der Waals surface area contributed by atoms with E-state index in [-0.39, 0.29) is 22.7 Å². The first-order chi connectivity index (χ1) is 21.7. The standard InChI is InChI=1S/C36H52N6O2/c1-3-5-7-9-11-13-15-17-19-21-23-43-33-25-29-30(40-36-35(39-29)41-31(27-37)32(28-38)42-36)26-34(33)44-24-22-20-18-16-14-12-10-8-6-4-2/h25-26H,3-24H2,1-2H3. The Morgan fingerprint density at radius 1 is 0.477 bits per heavy atom. The number of aromatic nitrogens is 4. The van der Waals surface area contributed by atoms with Gasteiger partial charge in [0.05, 0.1) is 24.2 Å². The molecule has 0 aliphatic rings. The lowest BCUT2D eigenvalue weighted by molar-refractivity contribution is 0.259. The van der Waals surface area contributed by atoms with Crippen LogP contribution in [0.15, 0.2) is 12.1 Å². The lowest BCUT2D eigenvalue weighted by Gasteiger charge is -2.14. The van der Waals surface area contributed by atoms with E-state index in [9.17, 15) is 10.5 Å². The van der Waals surface area contributed by atoms with Crippen molar-refractivity contribution in [1.82, 2.24) is 19.9 Å². The molecule has 3 aromatic rings. The molecule has 0 aliphatic carbocycles. The minimum Gasteiger partial charge on any atom is -0.490 e. The van der Waals surface area contributed by atoms with Crippen molar-refractivity contribution in [2.75, 3.05) is 13.2 Å². The highest BCUT2D eigenvalue weighted by Crippen LogP contribution is 2.32. The number of hydrogen-bond donors (Lipinski definition) is 0. The Balaban J connectivity index is 1.57. The van der Waals surface area contributed by atoms with Gasteiger partial charge in [0.25, 0.3) is 0 Å². The zero-order valence-corrected chi connectivity index (χ0v) is 27.2. The summed E-state index contributed by atoms with van der Waals surface area (Å²) in [6, 6.07) is 7.52. The highest BCUT2D eigenvalue weighted by molar-refractivity contribution is 5.85. The molecule has 0 saturated carbocycles. The molecule has 8 nitrogen and oxygen atoms in total. The zero-order valence-electron chi connectivity index (χ0n) is 27.2. The summed E-state index contributed by atoms with van der Waals surface area (Å²) >= 11 is 0. The minimum atomic E-state index is -0.0532. The summed E-state index contributed by atoms with van der Waals surface area (Å²) in [5.74, 6) is 1.30. The van der Waals surface area contributed by atoms with Gasteiger partial charge >= 0.3 is 0 Å². The lowest BCUT2D eigenvalue weighted by atomic mass is 10.1. The van der Waals surface area contributed by atoms with E-state index in [1.165, 1.54) is 103 Å². The number of rotatable bonds is 24. The van der Waals surface area contributed by atoms with Crippen molar-refractivity contribution in [3.05, 3.63) is 23.5 Å². The lowest BCUT2D eigenvalue weighted by Crippen LogP contribution is -2.04. The minimum absolute atomic E-state index is 0.0532. The van der Waals surface area contributed by atoms with Crippen molar-refractivity contribution in [1.29, 1.82) is 10.5 Å². The van der Waals surface area contributed by atoms with E-state index in [1.807, 2.05) is 24.3 Å². The van der Waals surface area contributed by atoms with E-state index in [0.29, 0.717) is 35.7 Å². The molecule has 0 saturated heterocycles. The van der Waals surface area contributed by atoms with Crippen molar-refractivity contribution in [2.24, 2.45) is 0 Å². The molecule has 0 N–H and O–H groups in total. The molecule has 0 aliphatic heterocycles. The monoisotopic (exact) mass is 600 g/mol. The maximum atomic E-state index is 9.35. The Kier molecular flexibility index (Phi) is 16.9. The van der Waals surface area contributed by atoms with Crippen LogP contribution in [0.4, 0.5) is 0 Å². The average molecular weight is 601 g/mol. The maximum Gasteiger partial charge on any atom is 0.199 e. The quantitative estimate of drug-likeness (QED) is 0.0736. The van der Waals surface area contributed by atoms with E-state index in [2.05, 4.69) is 33.8 Å². The van der Waals surface area contributed by atoms with Crippen molar-refractivity contribution in [3.8, 4) is 23.6 Å². The second-order valence-corrected chi connectivity index (χ2v) is 11.9. The summed E-state index contributed by atoms with van der Waals surface area (Å²) in [6.07, 6.45) is 25.4. The Labute approximate surface area is 264 Å². The normalized spacial score (nSPS) is 11.1. The summed E-state index contributed by atoms with van der Waals surface area (Å²) in [5, 5.41) is 18.7. The number of unbranched alkanes of at least 4 members (excludes halogenated alkanes) is 18. The second-order valence-electron chi connectivity index (χ2n) is 11.9. The van der Waals surface area contributed by atoms with Crippen molar-refractivity contribution >= 4 is 22.3 Å². The third-order valence-corrected chi connectivity index (χ3v) is 8.08. The number of nitrogens with zero attached hydrogens (tertiary/aromatic N) is 6. The van der Waals surface area contributed by atoms with E-state index in [0.717, 1.165) is 25.7 Å². The van der Waals surface area contributed by atoms with Gasteiger partial charge < -0.3 is 9.47 Å². The van der Waals surface area contributed by atoms with Gasteiger partial charge in [-0.1, -0.05) is 129 Å². The topological polar surface area (TPSA) is 118 Å². The number of ether oxygens (including phenoxy) is 2. The summed E-state index contributed by atoms with van der Waals surface area (Å²) in [5.41, 5.74) is 1.53. The van der Waals surface area contributed by atoms with Crippen LogP contribution in [0.1, 0.15) is 154 Å². The van der Waals surface area contributed by atoms with Gasteiger partial charge in [0.2, 0.25) is 0 Å². The molecule has 44 heavy (non-hydrogen) atoms. The van der Waals surface area contributed by atoms with E-state index in [4.69, 9.17) is 9.47 Å². The van der Waals surface area contributed by atoms with Crippen LogP contribution >= 0.6 is 0 Å². The molecule has 238 valence electrons. The Bertz CT molecular complexity index is 1240. The van der Waals surface area contributed by atoms with Crippen LogP contribution in [0.2, 0.25) is 0 Å². The molecule has 0 amide bonds. The van der Waals surface area contributed by atoms with Gasteiger partial charge in [0.1, 0.15) is 12.1 Å². The van der Waals surface area contributed by atoms with Gasteiger partial charge in [0.15, 0.2) is 34.2 Å². The Hall–Kier alpha value is -3.52. The fraction of sp³-hybridized carbons (Fsp3) is 0.667. The smallest absolute Gasteiger partial charge is 0.199 e. The highest BCUT2D eigenvalue weighted by atomic mass is 16.5. The molecule has 0 radical (unpaired) electrons. The zero-order chi connectivity index (χ0) is 31.2. The molecule has 0 fully saturated rings. The summed E-state index contributed by atoms with van der Waals surface area (Å²) < 4.78 is 12.5. The predicted molar refractivity (Wildman–Crippen MR) is 177 cm³/mol. The number of fused-ring (bicyclic) bond motifs is 2. The van der Waals surface area contributed by atoms with Crippen LogP contribution in [-0.4, -0.2) is 33.1 Å². The number of hydrogen-bond acceptors (Lipinski definition) is 8. The van der Waals surface area contributed by atoms with Gasteiger partial charge in [-0.25, -0.2) is 19.9 Å². The van der Waals surface area contributed by atoms with Crippen LogP contribution in [0.3, 0.4) is 0 Å². The first kappa shape index (κ1) is 35.0. The van der Waals surface area contributed by atoms with E-state index >= 15 is 0 Å². The van der Waals surface area contributed by atoms with Crippen LogP contribution in [0, 0.1) is 22.7 Å². The van der Waals surface area contributed by atoms with Gasteiger partial charge in [-0.3, -0.25) is 0 Å². The van der Waals surface area contributed by atoms with Crippen molar-refractivity contribution in [3.63, 3.8) is 0 Å². The molecule has 3 rings (SSSR count).